The Morgan fingerprint density at radius 3 is 2.44 bits per heavy atom. The number of hydrogen-bond donors (Lipinski definition) is 1. The predicted molar refractivity (Wildman–Crippen MR) is 97.8 cm³/mol. The van der Waals surface area contributed by atoms with Crippen LogP contribution in [-0.4, -0.2) is 50.8 Å². The van der Waals surface area contributed by atoms with E-state index in [9.17, 15) is 4.79 Å². The smallest absolute Gasteiger partial charge is 0.349 e. The summed E-state index contributed by atoms with van der Waals surface area (Å²) in [6, 6.07) is 7.89. The summed E-state index contributed by atoms with van der Waals surface area (Å²) < 4.78 is 10.2. The van der Waals surface area contributed by atoms with Gasteiger partial charge in [0.1, 0.15) is 21.9 Å². The first-order chi connectivity index (χ1) is 12.1. The summed E-state index contributed by atoms with van der Waals surface area (Å²) in [5, 5.41) is 10.8. The lowest BCUT2D eigenvalue weighted by molar-refractivity contribution is -0.137. The summed E-state index contributed by atoms with van der Waals surface area (Å²) in [5.74, 6) is 0.575. The standard InChI is InChI=1S/C17H22N4O3S/c1-3-24-17(22)15(25-12-18)16(19)21-10-8-20(9-11-21)13-4-6-14(23-2)7-5-13/h4-7H,3,8-11,19H2,1-2H3/b16-15+. The minimum Gasteiger partial charge on any atom is -0.497 e. The van der Waals surface area contributed by atoms with Crippen molar-refractivity contribution in [3.8, 4) is 11.2 Å². The molecule has 25 heavy (non-hydrogen) atoms. The van der Waals surface area contributed by atoms with Gasteiger partial charge in [0.25, 0.3) is 0 Å². The number of esters is 1. The average Bonchev–Trinajstić information content (AvgIpc) is 2.66. The number of ether oxygens (including phenoxy) is 2. The minimum absolute atomic E-state index is 0.155. The van der Waals surface area contributed by atoms with Gasteiger partial charge in [-0.2, -0.15) is 5.26 Å². The summed E-state index contributed by atoms with van der Waals surface area (Å²) in [6.07, 6.45) is 0. The fourth-order valence-electron chi connectivity index (χ4n) is 2.58. The van der Waals surface area contributed by atoms with Crippen LogP contribution in [0.25, 0.3) is 0 Å². The fourth-order valence-corrected chi connectivity index (χ4v) is 3.05. The molecule has 0 spiro atoms. The number of methoxy groups -OCH3 is 1. The number of anilines is 1. The van der Waals surface area contributed by atoms with Gasteiger partial charge in [0, 0.05) is 43.6 Å². The lowest BCUT2D eigenvalue weighted by Crippen LogP contribution is -2.47. The van der Waals surface area contributed by atoms with Crippen LogP contribution in [-0.2, 0) is 9.53 Å². The summed E-state index contributed by atoms with van der Waals surface area (Å²) in [6.45, 7) is 4.81. The minimum atomic E-state index is -0.552. The van der Waals surface area contributed by atoms with Gasteiger partial charge in [-0.15, -0.1) is 0 Å². The van der Waals surface area contributed by atoms with E-state index in [0.717, 1.165) is 36.3 Å². The molecule has 7 nitrogen and oxygen atoms in total. The van der Waals surface area contributed by atoms with Crippen molar-refractivity contribution in [1.82, 2.24) is 4.90 Å². The molecule has 134 valence electrons. The Labute approximate surface area is 152 Å². The molecule has 0 saturated carbocycles. The van der Waals surface area contributed by atoms with E-state index in [2.05, 4.69) is 4.90 Å². The maximum Gasteiger partial charge on any atom is 0.349 e. The highest BCUT2D eigenvalue weighted by molar-refractivity contribution is 8.08. The molecule has 0 unspecified atom stereocenters. The number of hydrogen-bond acceptors (Lipinski definition) is 8. The number of nitriles is 1. The monoisotopic (exact) mass is 362 g/mol. The van der Waals surface area contributed by atoms with E-state index < -0.39 is 5.97 Å². The number of carbonyl (C=O) groups excluding carboxylic acids is 1. The zero-order chi connectivity index (χ0) is 18.2. The molecule has 1 aromatic carbocycles. The summed E-state index contributed by atoms with van der Waals surface area (Å²) in [7, 11) is 1.64. The molecular weight excluding hydrogens is 340 g/mol. The van der Waals surface area contributed by atoms with Crippen LogP contribution < -0.4 is 15.4 Å². The van der Waals surface area contributed by atoms with Crippen LogP contribution in [0.3, 0.4) is 0 Å². The Hall–Kier alpha value is -2.53. The van der Waals surface area contributed by atoms with Crippen molar-refractivity contribution in [1.29, 1.82) is 5.26 Å². The van der Waals surface area contributed by atoms with E-state index in [4.69, 9.17) is 20.5 Å². The van der Waals surface area contributed by atoms with Gasteiger partial charge in [-0.1, -0.05) is 0 Å². The van der Waals surface area contributed by atoms with Crippen LogP contribution >= 0.6 is 11.8 Å². The molecule has 0 aromatic heterocycles. The van der Waals surface area contributed by atoms with E-state index in [1.165, 1.54) is 0 Å². The lowest BCUT2D eigenvalue weighted by Gasteiger charge is -2.37. The second kappa shape index (κ2) is 9.08. The molecule has 0 radical (unpaired) electrons. The van der Waals surface area contributed by atoms with Crippen LogP contribution in [0.2, 0.25) is 0 Å². The maximum absolute atomic E-state index is 12.0. The first-order valence-corrected chi connectivity index (χ1v) is 8.79. The van der Waals surface area contributed by atoms with Gasteiger partial charge in [-0.25, -0.2) is 4.79 Å². The van der Waals surface area contributed by atoms with Gasteiger partial charge in [-0.05, 0) is 31.2 Å². The lowest BCUT2D eigenvalue weighted by atomic mass is 10.2. The third-order valence-corrected chi connectivity index (χ3v) is 4.57. The third kappa shape index (κ3) is 4.73. The molecule has 1 aliphatic heterocycles. The number of piperazine rings is 1. The van der Waals surface area contributed by atoms with E-state index in [1.807, 2.05) is 34.6 Å². The van der Waals surface area contributed by atoms with Gasteiger partial charge in [0.05, 0.1) is 13.7 Å². The molecule has 1 fully saturated rings. The molecule has 1 aromatic rings. The highest BCUT2D eigenvalue weighted by Gasteiger charge is 2.24. The quantitative estimate of drug-likeness (QED) is 0.465. The number of thiocyanates is 1. The van der Waals surface area contributed by atoms with Crippen molar-refractivity contribution in [3.05, 3.63) is 35.0 Å². The van der Waals surface area contributed by atoms with E-state index in [-0.39, 0.29) is 11.5 Å². The van der Waals surface area contributed by atoms with Crippen molar-refractivity contribution in [2.75, 3.05) is 44.8 Å². The number of nitrogens with two attached hydrogens (primary N) is 1. The zero-order valence-corrected chi connectivity index (χ0v) is 15.2. The van der Waals surface area contributed by atoms with E-state index in [1.54, 1.807) is 14.0 Å². The second-order valence-corrected chi connectivity index (χ2v) is 6.10. The number of nitrogens with zero attached hydrogens (tertiary/aromatic N) is 3. The Morgan fingerprint density at radius 1 is 1.28 bits per heavy atom. The molecule has 1 heterocycles. The Morgan fingerprint density at radius 2 is 1.92 bits per heavy atom. The second-order valence-electron chi connectivity index (χ2n) is 5.30. The van der Waals surface area contributed by atoms with Crippen LogP contribution in [0.1, 0.15) is 6.92 Å². The van der Waals surface area contributed by atoms with Crippen LogP contribution in [0.5, 0.6) is 5.75 Å². The number of rotatable bonds is 6. The van der Waals surface area contributed by atoms with Crippen molar-refractivity contribution in [2.45, 2.75) is 6.92 Å². The van der Waals surface area contributed by atoms with Crippen LogP contribution in [0.4, 0.5) is 5.69 Å². The Balaban J connectivity index is 2.05. The van der Waals surface area contributed by atoms with Gasteiger partial charge >= 0.3 is 5.97 Å². The summed E-state index contributed by atoms with van der Waals surface area (Å²) >= 11 is 0.744. The first kappa shape index (κ1) is 18.8. The number of benzene rings is 1. The topological polar surface area (TPSA) is 91.8 Å². The normalized spacial score (nSPS) is 15.2. The maximum atomic E-state index is 12.0. The van der Waals surface area contributed by atoms with E-state index in [0.29, 0.717) is 18.9 Å². The Bertz CT molecular complexity index is 661. The average molecular weight is 362 g/mol. The van der Waals surface area contributed by atoms with E-state index >= 15 is 0 Å². The molecule has 1 aliphatic rings. The fraction of sp³-hybridized carbons (Fsp3) is 0.412. The zero-order valence-electron chi connectivity index (χ0n) is 14.4. The first-order valence-electron chi connectivity index (χ1n) is 7.97. The largest absolute Gasteiger partial charge is 0.497 e. The van der Waals surface area contributed by atoms with Crippen molar-refractivity contribution in [2.24, 2.45) is 5.73 Å². The van der Waals surface area contributed by atoms with Crippen LogP contribution in [0.15, 0.2) is 35.0 Å². The summed E-state index contributed by atoms with van der Waals surface area (Å²) in [5.41, 5.74) is 7.24. The van der Waals surface area contributed by atoms with Crippen molar-refractivity contribution < 1.29 is 14.3 Å². The highest BCUT2D eigenvalue weighted by Crippen LogP contribution is 2.24. The SMILES string of the molecule is CCOC(=O)/C(SC#N)=C(/N)N1CCN(c2ccc(OC)cc2)CC1. The molecule has 0 bridgehead atoms. The van der Waals surface area contributed by atoms with Crippen molar-refractivity contribution >= 4 is 23.4 Å². The molecule has 1 saturated heterocycles. The van der Waals surface area contributed by atoms with Crippen LogP contribution in [0, 0.1) is 10.7 Å². The molecular formula is C17H22N4O3S. The predicted octanol–water partition coefficient (Wildman–Crippen LogP) is 1.72. The highest BCUT2D eigenvalue weighted by atomic mass is 32.2. The van der Waals surface area contributed by atoms with Gasteiger partial charge < -0.3 is 25.0 Å². The van der Waals surface area contributed by atoms with Gasteiger partial charge in [0.2, 0.25) is 0 Å². The molecule has 0 amide bonds. The van der Waals surface area contributed by atoms with Crippen molar-refractivity contribution in [3.63, 3.8) is 0 Å². The molecule has 0 aliphatic carbocycles. The third-order valence-electron chi connectivity index (χ3n) is 3.90. The number of thioether (sulfide) groups is 1. The van der Waals surface area contributed by atoms with Gasteiger partial charge in [-0.3, -0.25) is 0 Å². The Kier molecular flexibility index (Phi) is 6.83. The molecule has 8 heteroatoms. The molecule has 2 N–H and O–H groups in total. The van der Waals surface area contributed by atoms with Gasteiger partial charge in [0.15, 0.2) is 0 Å². The summed E-state index contributed by atoms with van der Waals surface area (Å²) in [4.78, 5) is 16.3. The number of carbonyl (C=O) groups is 1. The molecule has 2 rings (SSSR count). The molecule has 0 atom stereocenters.